The van der Waals surface area contributed by atoms with E-state index >= 15 is 0 Å². The summed E-state index contributed by atoms with van der Waals surface area (Å²) in [6.45, 7) is 4.80. The molecule has 0 unspecified atom stereocenters. The molecule has 43 heavy (non-hydrogen) atoms. The van der Waals surface area contributed by atoms with Crippen molar-refractivity contribution in [2.24, 2.45) is 11.0 Å². The molecular formula is C36H39N3O4. The number of phenolic OH excluding ortho intramolecular Hbond substituents is 1. The van der Waals surface area contributed by atoms with Crippen LogP contribution in [0.25, 0.3) is 10.8 Å². The number of hydrazone groups is 1. The van der Waals surface area contributed by atoms with Crippen LogP contribution in [-0.4, -0.2) is 33.3 Å². The van der Waals surface area contributed by atoms with E-state index in [9.17, 15) is 19.5 Å². The molecule has 0 bridgehead atoms. The third-order valence-corrected chi connectivity index (χ3v) is 7.49. The number of rotatable bonds is 14. The molecule has 4 rings (SSSR count). The molecule has 0 aromatic heterocycles. The molecule has 0 heterocycles. The minimum Gasteiger partial charge on any atom is -0.507 e. The minimum atomic E-state index is -0.549. The number of nitrogens with zero attached hydrogens (tertiary/aromatic N) is 2. The fraction of sp³-hybridized carbons (Fsp3) is 0.278. The van der Waals surface area contributed by atoms with Gasteiger partial charge in [-0.15, -0.1) is 0 Å². The van der Waals surface area contributed by atoms with E-state index in [2.05, 4.69) is 10.5 Å². The average Bonchev–Trinajstić information content (AvgIpc) is 3.03. The summed E-state index contributed by atoms with van der Waals surface area (Å²) in [4.78, 5) is 41.6. The highest BCUT2D eigenvalue weighted by Gasteiger charge is 2.25. The van der Waals surface area contributed by atoms with Crippen LogP contribution in [0.1, 0.15) is 67.4 Å². The van der Waals surface area contributed by atoms with Crippen LogP contribution < -0.4 is 5.43 Å². The van der Waals surface area contributed by atoms with Crippen LogP contribution in [0.3, 0.4) is 0 Å². The number of phenols is 1. The number of hydrogen-bond donors (Lipinski definition) is 2. The minimum absolute atomic E-state index is 0.0785. The van der Waals surface area contributed by atoms with Crippen molar-refractivity contribution in [3.05, 3.63) is 114 Å². The summed E-state index contributed by atoms with van der Waals surface area (Å²) in [7, 11) is 0. The van der Waals surface area contributed by atoms with E-state index in [0.29, 0.717) is 31.6 Å². The van der Waals surface area contributed by atoms with Gasteiger partial charge in [0.1, 0.15) is 11.5 Å². The molecule has 7 heteroatoms. The molecule has 0 radical (unpaired) electrons. The molecule has 4 aromatic rings. The monoisotopic (exact) mass is 577 g/mol. The number of fused-ring (bicyclic) bond motifs is 1. The van der Waals surface area contributed by atoms with E-state index in [1.807, 2.05) is 98.8 Å². The maximum Gasteiger partial charge on any atom is 0.275 e. The molecule has 2 amide bonds. The van der Waals surface area contributed by atoms with E-state index in [1.54, 1.807) is 17.0 Å². The predicted octanol–water partition coefficient (Wildman–Crippen LogP) is 7.04. The Morgan fingerprint density at radius 2 is 1.33 bits per heavy atom. The van der Waals surface area contributed by atoms with Gasteiger partial charge in [0.25, 0.3) is 5.91 Å². The summed E-state index contributed by atoms with van der Waals surface area (Å²) in [5.41, 5.74) is 5.29. The second-order valence-electron chi connectivity index (χ2n) is 10.7. The maximum atomic E-state index is 13.4. The maximum absolute atomic E-state index is 13.4. The molecule has 0 aliphatic heterocycles. The van der Waals surface area contributed by atoms with E-state index in [0.717, 1.165) is 28.3 Å². The van der Waals surface area contributed by atoms with Crippen molar-refractivity contribution in [3.63, 3.8) is 0 Å². The number of aromatic hydroxyl groups is 1. The number of benzene rings is 4. The summed E-state index contributed by atoms with van der Waals surface area (Å²) in [5, 5.41) is 16.5. The van der Waals surface area contributed by atoms with Crippen molar-refractivity contribution in [2.45, 2.75) is 59.0 Å². The van der Waals surface area contributed by atoms with Crippen molar-refractivity contribution >= 4 is 34.1 Å². The van der Waals surface area contributed by atoms with Gasteiger partial charge in [-0.3, -0.25) is 14.4 Å². The van der Waals surface area contributed by atoms with Gasteiger partial charge in [-0.2, -0.15) is 5.10 Å². The van der Waals surface area contributed by atoms with Gasteiger partial charge in [-0.1, -0.05) is 105 Å². The number of hydrogen-bond acceptors (Lipinski definition) is 5. The number of carbonyl (C=O) groups is 3. The zero-order valence-corrected chi connectivity index (χ0v) is 24.8. The average molecular weight is 578 g/mol. The molecule has 0 spiro atoms. The normalized spacial score (nSPS) is 12.1. The smallest absolute Gasteiger partial charge is 0.275 e. The van der Waals surface area contributed by atoms with Crippen LogP contribution in [0, 0.1) is 5.92 Å². The summed E-state index contributed by atoms with van der Waals surface area (Å²) < 4.78 is 0. The van der Waals surface area contributed by atoms with Crippen molar-refractivity contribution in [2.75, 3.05) is 0 Å². The Hall–Kier alpha value is -4.78. The first-order chi connectivity index (χ1) is 20.9. The summed E-state index contributed by atoms with van der Waals surface area (Å²) in [6, 6.07) is 30.3. The quantitative estimate of drug-likeness (QED) is 0.124. The van der Waals surface area contributed by atoms with Gasteiger partial charge in [-0.25, -0.2) is 5.43 Å². The zero-order chi connectivity index (χ0) is 30.6. The second kappa shape index (κ2) is 15.4. The van der Waals surface area contributed by atoms with Crippen molar-refractivity contribution in [3.8, 4) is 5.75 Å². The highest BCUT2D eigenvalue weighted by Crippen LogP contribution is 2.25. The van der Waals surface area contributed by atoms with E-state index in [4.69, 9.17) is 0 Å². The number of amides is 2. The van der Waals surface area contributed by atoms with Crippen molar-refractivity contribution < 1.29 is 19.5 Å². The summed E-state index contributed by atoms with van der Waals surface area (Å²) >= 11 is 0. The Kier molecular flexibility index (Phi) is 11.2. The van der Waals surface area contributed by atoms with Crippen molar-refractivity contribution in [1.82, 2.24) is 10.3 Å². The van der Waals surface area contributed by atoms with Gasteiger partial charge >= 0.3 is 0 Å². The fourth-order valence-electron chi connectivity index (χ4n) is 5.21. The van der Waals surface area contributed by atoms with Crippen LogP contribution in [0.15, 0.2) is 102 Å². The number of carbonyl (C=O) groups excluding carboxylic acids is 3. The molecule has 0 saturated heterocycles. The fourth-order valence-corrected chi connectivity index (χ4v) is 5.21. The number of nitrogens with one attached hydrogen (secondary N) is 1. The van der Waals surface area contributed by atoms with Gasteiger partial charge in [0.05, 0.1) is 11.5 Å². The molecular weight excluding hydrogens is 538 g/mol. The third-order valence-electron chi connectivity index (χ3n) is 7.49. The van der Waals surface area contributed by atoms with Crippen LogP contribution in [0.5, 0.6) is 5.75 Å². The highest BCUT2D eigenvalue weighted by atomic mass is 16.3. The molecule has 0 saturated carbocycles. The first-order valence-electron chi connectivity index (χ1n) is 14.9. The Balaban J connectivity index is 1.44. The molecule has 2 N–H and O–H groups in total. The molecule has 4 aromatic carbocycles. The molecule has 222 valence electrons. The SMILES string of the molecule is CCC/C(=N/NC(=O)c1cc2ccccc2cc1O)[C@H](CC)C(=O)CCC(=O)N(Cc1ccccc1)Cc1ccccc1. The number of Topliss-reactive ketones (excluding diaryl/α,β-unsaturated/α-hetero) is 1. The lowest BCUT2D eigenvalue weighted by Gasteiger charge is -2.24. The molecule has 0 aliphatic rings. The molecule has 7 nitrogen and oxygen atoms in total. The highest BCUT2D eigenvalue weighted by molar-refractivity contribution is 6.07. The zero-order valence-electron chi connectivity index (χ0n) is 24.8. The van der Waals surface area contributed by atoms with Gasteiger partial charge < -0.3 is 10.0 Å². The van der Waals surface area contributed by atoms with E-state index < -0.39 is 11.8 Å². The van der Waals surface area contributed by atoms with Gasteiger partial charge in [0.2, 0.25) is 5.91 Å². The van der Waals surface area contributed by atoms with Gasteiger partial charge in [0.15, 0.2) is 0 Å². The van der Waals surface area contributed by atoms with Crippen LogP contribution in [0.4, 0.5) is 0 Å². The first-order valence-corrected chi connectivity index (χ1v) is 14.9. The van der Waals surface area contributed by atoms with Crippen LogP contribution in [-0.2, 0) is 22.7 Å². The van der Waals surface area contributed by atoms with E-state index in [-0.39, 0.29) is 35.8 Å². The standard InChI is InChI=1S/C36H39N3O4/c1-3-13-32(37-38-36(43)31-22-28-18-11-12-19-29(28)23-34(31)41)30(4-2)33(40)20-21-35(42)39(24-26-14-7-5-8-15-26)25-27-16-9-6-10-17-27/h5-12,14-19,22-23,30,41H,3-4,13,20-21,24-25H2,1-2H3,(H,38,43)/b37-32-/t30-/m0/s1. The summed E-state index contributed by atoms with van der Waals surface area (Å²) in [5.74, 6) is -1.38. The van der Waals surface area contributed by atoms with Crippen LogP contribution in [0.2, 0.25) is 0 Å². The largest absolute Gasteiger partial charge is 0.507 e. The van der Waals surface area contributed by atoms with E-state index in [1.165, 1.54) is 0 Å². The molecule has 0 fully saturated rings. The second-order valence-corrected chi connectivity index (χ2v) is 10.7. The lowest BCUT2D eigenvalue weighted by molar-refractivity contribution is -0.134. The van der Waals surface area contributed by atoms with Gasteiger partial charge in [0, 0.05) is 31.6 Å². The Bertz CT molecular complexity index is 1530. The number of ketones is 1. The predicted molar refractivity (Wildman–Crippen MR) is 171 cm³/mol. The lowest BCUT2D eigenvalue weighted by Crippen LogP contribution is -2.32. The Morgan fingerprint density at radius 3 is 1.88 bits per heavy atom. The van der Waals surface area contributed by atoms with Crippen LogP contribution >= 0.6 is 0 Å². The third kappa shape index (κ3) is 8.61. The molecule has 0 aliphatic carbocycles. The summed E-state index contributed by atoms with van der Waals surface area (Å²) in [6.07, 6.45) is 1.93. The molecule has 1 atom stereocenters. The first kappa shape index (κ1) is 31.2. The van der Waals surface area contributed by atoms with Crippen molar-refractivity contribution in [1.29, 1.82) is 0 Å². The topological polar surface area (TPSA) is 99.1 Å². The Morgan fingerprint density at radius 1 is 0.767 bits per heavy atom. The lowest BCUT2D eigenvalue weighted by atomic mass is 9.90. The van der Waals surface area contributed by atoms with Gasteiger partial charge in [-0.05, 0) is 46.9 Å². The Labute approximate surface area is 253 Å².